The average Bonchev–Trinajstić information content (AvgIpc) is 2.44. The molecule has 110 valence electrons. The molecule has 2 N–H and O–H groups in total. The van der Waals surface area contributed by atoms with E-state index in [0.29, 0.717) is 17.2 Å². The third-order valence-electron chi connectivity index (χ3n) is 3.91. The molecule has 20 heavy (non-hydrogen) atoms. The molecule has 0 aliphatic heterocycles. The first-order chi connectivity index (χ1) is 9.52. The zero-order valence-electron chi connectivity index (χ0n) is 11.5. The molecule has 0 bridgehead atoms. The van der Waals surface area contributed by atoms with Gasteiger partial charge in [0.05, 0.1) is 21.3 Å². The van der Waals surface area contributed by atoms with Crippen LogP contribution in [0.4, 0.5) is 5.69 Å². The Morgan fingerprint density at radius 2 is 2.05 bits per heavy atom. The van der Waals surface area contributed by atoms with Crippen molar-refractivity contribution in [1.82, 2.24) is 0 Å². The van der Waals surface area contributed by atoms with E-state index in [9.17, 15) is 4.79 Å². The van der Waals surface area contributed by atoms with Gasteiger partial charge in [0.25, 0.3) is 0 Å². The van der Waals surface area contributed by atoms with Crippen LogP contribution < -0.4 is 5.73 Å². The molecule has 0 saturated heterocycles. The van der Waals surface area contributed by atoms with Crippen molar-refractivity contribution >= 4 is 34.9 Å². The molecule has 2 unspecified atom stereocenters. The monoisotopic (exact) mass is 315 g/mol. The Hall–Kier alpha value is -0.930. The molecule has 2 rings (SSSR count). The maximum absolute atomic E-state index is 12.2. The Morgan fingerprint density at radius 3 is 2.70 bits per heavy atom. The Kier molecular flexibility index (Phi) is 5.17. The van der Waals surface area contributed by atoms with Gasteiger partial charge in [-0.2, -0.15) is 0 Å². The van der Waals surface area contributed by atoms with Crippen molar-refractivity contribution in [3.8, 4) is 0 Å². The van der Waals surface area contributed by atoms with E-state index in [0.717, 1.165) is 25.7 Å². The first-order valence-corrected chi connectivity index (χ1v) is 7.74. The topological polar surface area (TPSA) is 52.3 Å². The van der Waals surface area contributed by atoms with Crippen molar-refractivity contribution < 1.29 is 9.53 Å². The fraction of sp³-hybridized carbons (Fsp3) is 0.533. The van der Waals surface area contributed by atoms with Gasteiger partial charge in [-0.15, -0.1) is 0 Å². The van der Waals surface area contributed by atoms with Crippen LogP contribution in [0.15, 0.2) is 12.1 Å². The van der Waals surface area contributed by atoms with Gasteiger partial charge in [-0.25, -0.2) is 4.79 Å². The molecule has 0 aromatic heterocycles. The summed E-state index contributed by atoms with van der Waals surface area (Å²) in [5.74, 6) is 0.0773. The van der Waals surface area contributed by atoms with Gasteiger partial charge in [0.1, 0.15) is 6.10 Å². The van der Waals surface area contributed by atoms with Crippen LogP contribution in [0.5, 0.6) is 0 Å². The number of carbonyl (C=O) groups is 1. The molecule has 3 nitrogen and oxygen atoms in total. The Balaban J connectivity index is 2.11. The van der Waals surface area contributed by atoms with Gasteiger partial charge in [0.2, 0.25) is 0 Å². The summed E-state index contributed by atoms with van der Waals surface area (Å²) < 4.78 is 5.63. The summed E-state index contributed by atoms with van der Waals surface area (Å²) in [6.45, 7) is 2.13. The van der Waals surface area contributed by atoms with Gasteiger partial charge in [0, 0.05) is 0 Å². The van der Waals surface area contributed by atoms with E-state index in [1.807, 2.05) is 0 Å². The number of ether oxygens (including phenoxy) is 1. The van der Waals surface area contributed by atoms with Crippen LogP contribution in [-0.2, 0) is 4.74 Å². The largest absolute Gasteiger partial charge is 0.458 e. The predicted octanol–water partition coefficient (Wildman–Crippen LogP) is 4.70. The normalized spacial score (nSPS) is 22.6. The van der Waals surface area contributed by atoms with Crippen LogP contribution in [-0.4, -0.2) is 12.1 Å². The molecule has 0 amide bonds. The zero-order chi connectivity index (χ0) is 14.7. The second-order valence-electron chi connectivity index (χ2n) is 5.26. The lowest BCUT2D eigenvalue weighted by Gasteiger charge is -2.30. The highest BCUT2D eigenvalue weighted by molar-refractivity contribution is 6.43. The van der Waals surface area contributed by atoms with E-state index in [2.05, 4.69) is 6.92 Å². The lowest BCUT2D eigenvalue weighted by Crippen LogP contribution is -2.29. The van der Waals surface area contributed by atoms with Crippen LogP contribution in [0.3, 0.4) is 0 Å². The lowest BCUT2D eigenvalue weighted by molar-refractivity contribution is 0.000716. The van der Waals surface area contributed by atoms with Gasteiger partial charge >= 0.3 is 5.97 Å². The first-order valence-electron chi connectivity index (χ1n) is 6.98. The van der Waals surface area contributed by atoms with E-state index in [-0.39, 0.29) is 22.1 Å². The molecular weight excluding hydrogens is 297 g/mol. The summed E-state index contributed by atoms with van der Waals surface area (Å²) in [6, 6.07) is 3.02. The smallest absolute Gasteiger partial charge is 0.338 e. The molecule has 1 saturated carbocycles. The highest BCUT2D eigenvalue weighted by Gasteiger charge is 2.27. The van der Waals surface area contributed by atoms with Gasteiger partial charge in [0.15, 0.2) is 0 Å². The number of carbonyl (C=O) groups excluding carboxylic acids is 1. The van der Waals surface area contributed by atoms with Gasteiger partial charge in [-0.3, -0.25) is 0 Å². The standard InChI is InChI=1S/C15H19Cl2NO2/c1-2-9-5-3-4-6-13(9)20-15(19)10-7-11(16)14(17)12(18)8-10/h7-9,13H,2-6,18H2,1H3. The van der Waals surface area contributed by atoms with Crippen LogP contribution in [0.1, 0.15) is 49.4 Å². The summed E-state index contributed by atoms with van der Waals surface area (Å²) in [5, 5.41) is 0.543. The summed E-state index contributed by atoms with van der Waals surface area (Å²) >= 11 is 11.8. The van der Waals surface area contributed by atoms with Crippen LogP contribution in [0.25, 0.3) is 0 Å². The van der Waals surface area contributed by atoms with Crippen LogP contribution >= 0.6 is 23.2 Å². The zero-order valence-corrected chi connectivity index (χ0v) is 13.0. The summed E-state index contributed by atoms with van der Waals surface area (Å²) in [5.41, 5.74) is 6.37. The highest BCUT2D eigenvalue weighted by atomic mass is 35.5. The van der Waals surface area contributed by atoms with E-state index < -0.39 is 0 Å². The van der Waals surface area contributed by atoms with Crippen LogP contribution in [0, 0.1) is 5.92 Å². The second-order valence-corrected chi connectivity index (χ2v) is 6.04. The van der Waals surface area contributed by atoms with E-state index in [4.69, 9.17) is 33.7 Å². The molecule has 5 heteroatoms. The van der Waals surface area contributed by atoms with Gasteiger partial charge in [-0.1, -0.05) is 36.5 Å². The fourth-order valence-electron chi connectivity index (χ4n) is 2.73. The minimum Gasteiger partial charge on any atom is -0.458 e. The average molecular weight is 316 g/mol. The molecule has 0 radical (unpaired) electrons. The minimum absolute atomic E-state index is 0.00284. The Bertz CT molecular complexity index is 482. The predicted molar refractivity (Wildman–Crippen MR) is 82.3 cm³/mol. The van der Waals surface area contributed by atoms with Crippen molar-refractivity contribution in [3.05, 3.63) is 27.7 Å². The Labute approximate surface area is 129 Å². The van der Waals surface area contributed by atoms with Gasteiger partial charge in [-0.05, 0) is 43.7 Å². The number of benzene rings is 1. The highest BCUT2D eigenvalue weighted by Crippen LogP contribution is 2.32. The van der Waals surface area contributed by atoms with E-state index >= 15 is 0 Å². The maximum Gasteiger partial charge on any atom is 0.338 e. The maximum atomic E-state index is 12.2. The molecule has 1 fully saturated rings. The molecule has 1 aliphatic carbocycles. The summed E-state index contributed by atoms with van der Waals surface area (Å²) in [7, 11) is 0. The Morgan fingerprint density at radius 1 is 1.35 bits per heavy atom. The molecule has 0 spiro atoms. The number of nitrogens with two attached hydrogens (primary N) is 1. The number of hydrogen-bond donors (Lipinski definition) is 1. The van der Waals surface area contributed by atoms with Crippen molar-refractivity contribution in [2.75, 3.05) is 5.73 Å². The minimum atomic E-state index is -0.374. The molecule has 1 aromatic rings. The van der Waals surface area contributed by atoms with E-state index in [1.54, 1.807) is 0 Å². The second kappa shape index (κ2) is 6.68. The number of esters is 1. The van der Waals surface area contributed by atoms with Crippen LogP contribution in [0.2, 0.25) is 10.0 Å². The fourth-order valence-corrected chi connectivity index (χ4v) is 3.07. The molecule has 2 atom stereocenters. The van der Waals surface area contributed by atoms with Crippen molar-refractivity contribution in [2.45, 2.75) is 45.1 Å². The lowest BCUT2D eigenvalue weighted by atomic mass is 9.85. The van der Waals surface area contributed by atoms with E-state index in [1.165, 1.54) is 18.6 Å². The first kappa shape index (κ1) is 15.5. The van der Waals surface area contributed by atoms with Crippen molar-refractivity contribution in [3.63, 3.8) is 0 Å². The molecular formula is C15H19Cl2NO2. The van der Waals surface area contributed by atoms with Crippen molar-refractivity contribution in [2.24, 2.45) is 5.92 Å². The number of halogens is 2. The molecule has 1 aromatic carbocycles. The third-order valence-corrected chi connectivity index (χ3v) is 4.73. The molecule has 1 aliphatic rings. The van der Waals surface area contributed by atoms with Crippen molar-refractivity contribution in [1.29, 1.82) is 0 Å². The quantitative estimate of drug-likeness (QED) is 0.649. The SMILES string of the molecule is CCC1CCCCC1OC(=O)c1cc(N)c(Cl)c(Cl)c1. The third kappa shape index (κ3) is 3.39. The number of nitrogen functional groups attached to an aromatic ring is 1. The summed E-state index contributed by atoms with van der Waals surface area (Å²) in [4.78, 5) is 12.2. The van der Waals surface area contributed by atoms with Gasteiger partial charge < -0.3 is 10.5 Å². The molecule has 0 heterocycles. The number of anilines is 1. The number of rotatable bonds is 3. The summed E-state index contributed by atoms with van der Waals surface area (Å²) in [6.07, 6.45) is 5.40. The number of hydrogen-bond acceptors (Lipinski definition) is 3.